The Bertz CT molecular complexity index is 778. The summed E-state index contributed by atoms with van der Waals surface area (Å²) < 4.78 is 39.2. The SMILES string of the molecule is CC1(C(=O)Nc2ccc(C#N)c(C(F)(F)F)c2)CC(C2CCCC2)N=N1. The first kappa shape index (κ1) is 18.4. The number of anilines is 1. The highest BCUT2D eigenvalue weighted by atomic mass is 19.4. The van der Waals surface area contributed by atoms with Crippen LogP contribution in [0.25, 0.3) is 0 Å². The van der Waals surface area contributed by atoms with Crippen molar-refractivity contribution in [3.8, 4) is 6.07 Å². The molecule has 0 radical (unpaired) electrons. The fourth-order valence-electron chi connectivity index (χ4n) is 3.65. The third-order valence-corrected chi connectivity index (χ3v) is 5.17. The Morgan fingerprint density at radius 2 is 2.04 bits per heavy atom. The van der Waals surface area contributed by atoms with E-state index in [1.54, 1.807) is 6.92 Å². The Morgan fingerprint density at radius 3 is 2.65 bits per heavy atom. The van der Waals surface area contributed by atoms with Crippen LogP contribution in [-0.2, 0) is 11.0 Å². The highest BCUT2D eigenvalue weighted by Crippen LogP contribution is 2.39. The van der Waals surface area contributed by atoms with Crippen LogP contribution in [0.5, 0.6) is 0 Å². The van der Waals surface area contributed by atoms with Gasteiger partial charge in [0, 0.05) is 12.1 Å². The van der Waals surface area contributed by atoms with Crippen molar-refractivity contribution in [2.45, 2.75) is 56.8 Å². The predicted molar refractivity (Wildman–Crippen MR) is 88.4 cm³/mol. The van der Waals surface area contributed by atoms with Crippen molar-refractivity contribution in [2.75, 3.05) is 5.32 Å². The molecule has 1 aromatic rings. The number of nitrogens with one attached hydrogen (secondary N) is 1. The Kier molecular flexibility index (Phi) is 4.74. The summed E-state index contributed by atoms with van der Waals surface area (Å²) in [7, 11) is 0. The number of azo groups is 1. The summed E-state index contributed by atoms with van der Waals surface area (Å²) in [5.74, 6) is -0.0558. The lowest BCUT2D eigenvalue weighted by Gasteiger charge is -2.21. The average Bonchev–Trinajstić information content (AvgIpc) is 3.24. The molecule has 138 valence electrons. The maximum atomic E-state index is 13.1. The predicted octanol–water partition coefficient (Wildman–Crippen LogP) is 4.69. The zero-order chi connectivity index (χ0) is 18.9. The van der Waals surface area contributed by atoms with Gasteiger partial charge in [0.05, 0.1) is 23.2 Å². The molecule has 1 fully saturated rings. The normalized spacial score (nSPS) is 26.0. The van der Waals surface area contributed by atoms with Crippen molar-refractivity contribution in [3.63, 3.8) is 0 Å². The van der Waals surface area contributed by atoms with Gasteiger partial charge < -0.3 is 5.32 Å². The number of halogens is 3. The molecule has 0 spiro atoms. The van der Waals surface area contributed by atoms with E-state index in [4.69, 9.17) is 5.26 Å². The molecular formula is C18H19F3N4O. The van der Waals surface area contributed by atoms with E-state index in [0.717, 1.165) is 37.8 Å². The molecule has 3 rings (SSSR count). The third-order valence-electron chi connectivity index (χ3n) is 5.17. The number of hydrogen-bond donors (Lipinski definition) is 1. The van der Waals surface area contributed by atoms with E-state index in [1.807, 2.05) is 0 Å². The standard InChI is InChI=1S/C18H19F3N4O/c1-17(9-15(24-25-17)11-4-2-3-5-11)16(26)23-13-7-6-12(10-22)14(8-13)18(19,20)21/h6-8,11,15H,2-5,9H2,1H3,(H,23,26). The molecule has 1 aliphatic carbocycles. The summed E-state index contributed by atoms with van der Waals surface area (Å²) in [5, 5.41) is 19.7. The fraction of sp³-hybridized carbons (Fsp3) is 0.556. The van der Waals surface area contributed by atoms with Gasteiger partial charge >= 0.3 is 6.18 Å². The number of carbonyl (C=O) groups is 1. The first-order valence-corrected chi connectivity index (χ1v) is 8.58. The number of nitrogens with zero attached hydrogens (tertiary/aromatic N) is 3. The first-order valence-electron chi connectivity index (χ1n) is 8.58. The number of rotatable bonds is 3. The zero-order valence-electron chi connectivity index (χ0n) is 14.3. The maximum absolute atomic E-state index is 13.1. The van der Waals surface area contributed by atoms with Crippen molar-refractivity contribution in [1.82, 2.24) is 0 Å². The van der Waals surface area contributed by atoms with Gasteiger partial charge in [-0.05, 0) is 43.9 Å². The smallest absolute Gasteiger partial charge is 0.324 e. The van der Waals surface area contributed by atoms with Crippen LogP contribution >= 0.6 is 0 Å². The number of alkyl halides is 3. The fourth-order valence-corrected chi connectivity index (χ4v) is 3.65. The molecule has 1 N–H and O–H groups in total. The second-order valence-electron chi connectivity index (χ2n) is 7.13. The van der Waals surface area contributed by atoms with E-state index in [9.17, 15) is 18.0 Å². The van der Waals surface area contributed by atoms with E-state index in [2.05, 4.69) is 15.5 Å². The maximum Gasteiger partial charge on any atom is 0.417 e. The van der Waals surface area contributed by atoms with Crippen molar-refractivity contribution >= 4 is 11.6 Å². The minimum atomic E-state index is -4.67. The molecule has 8 heteroatoms. The van der Waals surface area contributed by atoms with Crippen molar-refractivity contribution < 1.29 is 18.0 Å². The molecule has 1 saturated carbocycles. The van der Waals surface area contributed by atoms with Crippen LogP contribution in [0, 0.1) is 17.2 Å². The monoisotopic (exact) mass is 364 g/mol. The summed E-state index contributed by atoms with van der Waals surface area (Å²) in [4.78, 5) is 12.6. The van der Waals surface area contributed by atoms with Gasteiger partial charge in [-0.1, -0.05) is 12.8 Å². The van der Waals surface area contributed by atoms with Gasteiger partial charge in [-0.25, -0.2) is 0 Å². The molecule has 0 saturated heterocycles. The molecule has 1 amide bonds. The van der Waals surface area contributed by atoms with Crippen molar-refractivity contribution in [1.29, 1.82) is 5.26 Å². The summed E-state index contributed by atoms with van der Waals surface area (Å²) in [5.41, 5.74) is -2.65. The lowest BCUT2D eigenvalue weighted by molar-refractivity contribution is -0.137. The Hall–Kier alpha value is -2.43. The summed E-state index contributed by atoms with van der Waals surface area (Å²) in [6.45, 7) is 1.65. The Morgan fingerprint density at radius 1 is 1.35 bits per heavy atom. The van der Waals surface area contributed by atoms with E-state index in [1.165, 1.54) is 12.1 Å². The molecule has 2 aliphatic rings. The van der Waals surface area contributed by atoms with Gasteiger partial charge in [-0.2, -0.15) is 28.7 Å². The van der Waals surface area contributed by atoms with E-state index < -0.39 is 28.7 Å². The number of benzene rings is 1. The lowest BCUT2D eigenvalue weighted by Crippen LogP contribution is -2.38. The highest BCUT2D eigenvalue weighted by molar-refractivity contribution is 5.98. The summed E-state index contributed by atoms with van der Waals surface area (Å²) in [6, 6.07) is 4.64. The summed E-state index contributed by atoms with van der Waals surface area (Å²) >= 11 is 0. The Labute approximate surface area is 149 Å². The van der Waals surface area contributed by atoms with Gasteiger partial charge in [0.15, 0.2) is 5.54 Å². The number of hydrogen-bond acceptors (Lipinski definition) is 4. The molecule has 26 heavy (non-hydrogen) atoms. The van der Waals surface area contributed by atoms with Crippen molar-refractivity contribution in [3.05, 3.63) is 29.3 Å². The lowest BCUT2D eigenvalue weighted by atomic mass is 9.87. The van der Waals surface area contributed by atoms with Crippen LogP contribution in [0.3, 0.4) is 0 Å². The highest BCUT2D eigenvalue weighted by Gasteiger charge is 2.43. The quantitative estimate of drug-likeness (QED) is 0.845. The molecule has 2 unspecified atom stereocenters. The van der Waals surface area contributed by atoms with Crippen molar-refractivity contribution in [2.24, 2.45) is 16.1 Å². The Balaban J connectivity index is 1.74. The van der Waals surface area contributed by atoms with Crippen LogP contribution in [0.4, 0.5) is 18.9 Å². The topological polar surface area (TPSA) is 77.6 Å². The van der Waals surface area contributed by atoms with Crippen LogP contribution in [0.2, 0.25) is 0 Å². The van der Waals surface area contributed by atoms with E-state index >= 15 is 0 Å². The van der Waals surface area contributed by atoms with E-state index in [0.29, 0.717) is 12.3 Å². The minimum absolute atomic E-state index is 0.0000454. The minimum Gasteiger partial charge on any atom is -0.324 e. The number of amides is 1. The van der Waals surface area contributed by atoms with Gasteiger partial charge in [-0.3, -0.25) is 4.79 Å². The van der Waals surface area contributed by atoms with Gasteiger partial charge in [0.1, 0.15) is 0 Å². The number of nitriles is 1. The molecule has 1 aromatic carbocycles. The second-order valence-corrected chi connectivity index (χ2v) is 7.13. The average molecular weight is 364 g/mol. The zero-order valence-corrected chi connectivity index (χ0v) is 14.3. The molecule has 1 heterocycles. The molecule has 1 aliphatic heterocycles. The molecular weight excluding hydrogens is 345 g/mol. The van der Waals surface area contributed by atoms with Gasteiger partial charge in [-0.15, -0.1) is 0 Å². The van der Waals surface area contributed by atoms with Crippen LogP contribution < -0.4 is 5.32 Å². The van der Waals surface area contributed by atoms with Crippen LogP contribution in [0.15, 0.2) is 28.4 Å². The van der Waals surface area contributed by atoms with Gasteiger partial charge in [0.2, 0.25) is 0 Å². The van der Waals surface area contributed by atoms with Crippen LogP contribution in [-0.4, -0.2) is 17.5 Å². The second kappa shape index (κ2) is 6.71. The number of carbonyl (C=O) groups excluding carboxylic acids is 1. The third kappa shape index (κ3) is 3.57. The largest absolute Gasteiger partial charge is 0.417 e. The van der Waals surface area contributed by atoms with Crippen LogP contribution in [0.1, 0.15) is 50.2 Å². The molecule has 0 aromatic heterocycles. The van der Waals surface area contributed by atoms with E-state index in [-0.39, 0.29) is 11.7 Å². The first-order chi connectivity index (χ1) is 12.2. The molecule has 0 bridgehead atoms. The summed E-state index contributed by atoms with van der Waals surface area (Å²) in [6.07, 6.45) is 0.260. The molecule has 2 atom stereocenters. The molecule has 5 nitrogen and oxygen atoms in total. The van der Waals surface area contributed by atoms with Gasteiger partial charge in [0.25, 0.3) is 5.91 Å².